The summed E-state index contributed by atoms with van der Waals surface area (Å²) in [6.45, 7) is 4.47. The van der Waals surface area contributed by atoms with Gasteiger partial charge in [0.2, 0.25) is 0 Å². The quantitative estimate of drug-likeness (QED) is 0.137. The van der Waals surface area contributed by atoms with E-state index in [1.54, 1.807) is 0 Å². The Labute approximate surface area is 203 Å². The molecule has 4 nitrogen and oxygen atoms in total. The van der Waals surface area contributed by atoms with Crippen LogP contribution >= 0.6 is 0 Å². The van der Waals surface area contributed by atoms with Crippen LogP contribution in [-0.2, 0) is 26.1 Å². The monoisotopic (exact) mass is 484 g/mol. The predicted molar refractivity (Wildman–Crippen MR) is 123 cm³/mol. The van der Waals surface area contributed by atoms with Gasteiger partial charge in [-0.1, -0.05) is 129 Å². The first-order valence-corrected chi connectivity index (χ1v) is 12.9. The van der Waals surface area contributed by atoms with E-state index in [2.05, 4.69) is 13.8 Å². The van der Waals surface area contributed by atoms with E-state index in [4.69, 9.17) is 0 Å². The molecule has 0 aliphatic heterocycles. The minimum absolute atomic E-state index is 0. The maximum absolute atomic E-state index is 10.1. The Balaban J connectivity index is -0.000000490. The van der Waals surface area contributed by atoms with Crippen molar-refractivity contribution in [3.8, 4) is 0 Å². The smallest absolute Gasteiger partial charge is 0.550 e. The summed E-state index contributed by atoms with van der Waals surface area (Å²) in [5.74, 6) is -1.82. The van der Waals surface area contributed by atoms with Crippen LogP contribution in [0.2, 0.25) is 0 Å². The number of aliphatic carboxylic acids is 2. The van der Waals surface area contributed by atoms with Crippen LogP contribution in [0, 0.1) is 0 Å². The van der Waals surface area contributed by atoms with Crippen molar-refractivity contribution in [1.82, 2.24) is 0 Å². The second-order valence-electron chi connectivity index (χ2n) is 8.61. The zero-order valence-corrected chi connectivity index (χ0v) is 21.5. The Morgan fingerprint density at radius 2 is 0.613 bits per heavy atom. The topological polar surface area (TPSA) is 80.3 Å². The second-order valence-corrected chi connectivity index (χ2v) is 8.61. The van der Waals surface area contributed by atoms with E-state index in [0.29, 0.717) is 0 Å². The van der Waals surface area contributed by atoms with Crippen molar-refractivity contribution in [3.63, 3.8) is 0 Å². The summed E-state index contributed by atoms with van der Waals surface area (Å²) >= 11 is 0. The van der Waals surface area contributed by atoms with E-state index in [1.165, 1.54) is 103 Å². The summed E-state index contributed by atoms with van der Waals surface area (Å²) in [7, 11) is 0. The number of carboxylic acids is 2. The van der Waals surface area contributed by atoms with Crippen molar-refractivity contribution >= 4 is 11.9 Å². The van der Waals surface area contributed by atoms with Gasteiger partial charge < -0.3 is 19.8 Å². The van der Waals surface area contributed by atoms with Crippen molar-refractivity contribution in [2.24, 2.45) is 0 Å². The number of rotatable bonds is 22. The molecule has 188 valence electrons. The standard InChI is InChI=1S/2C13H26O2.Ni/c2*1-2-3-4-5-6-7-8-9-10-11-12-13(14)15;/h2*2-12H2,1H3,(H,14,15);/q;;+2/p-2. The molecule has 0 aromatic heterocycles. The van der Waals surface area contributed by atoms with Crippen molar-refractivity contribution in [3.05, 3.63) is 0 Å². The van der Waals surface area contributed by atoms with E-state index >= 15 is 0 Å². The van der Waals surface area contributed by atoms with Gasteiger partial charge in [0.1, 0.15) is 0 Å². The molecule has 0 saturated heterocycles. The maximum Gasteiger partial charge on any atom is 2.00 e. The second kappa shape index (κ2) is 31.6. The van der Waals surface area contributed by atoms with Crippen LogP contribution in [0.25, 0.3) is 0 Å². The normalized spacial score (nSPS) is 10.1. The minimum atomic E-state index is -0.908. The molecule has 0 aliphatic rings. The molecular formula is C26H50NiO4. The first kappa shape index (κ1) is 35.0. The zero-order valence-electron chi connectivity index (χ0n) is 20.5. The number of carbonyl (C=O) groups excluding carboxylic acids is 2. The van der Waals surface area contributed by atoms with Gasteiger partial charge in [-0.05, 0) is 25.7 Å². The largest absolute Gasteiger partial charge is 2.00 e. The van der Waals surface area contributed by atoms with Gasteiger partial charge in [-0.15, -0.1) is 0 Å². The van der Waals surface area contributed by atoms with Crippen molar-refractivity contribution in [2.45, 2.75) is 155 Å². The first-order chi connectivity index (χ1) is 14.5. The third-order valence-corrected chi connectivity index (χ3v) is 5.47. The molecule has 0 N–H and O–H groups in total. The summed E-state index contributed by atoms with van der Waals surface area (Å²) in [4.78, 5) is 20.2. The van der Waals surface area contributed by atoms with Gasteiger partial charge in [-0.25, -0.2) is 0 Å². The number of hydrogen-bond donors (Lipinski definition) is 0. The van der Waals surface area contributed by atoms with Gasteiger partial charge in [-0.2, -0.15) is 0 Å². The van der Waals surface area contributed by atoms with Crippen LogP contribution in [0.15, 0.2) is 0 Å². The Kier molecular flexibility index (Phi) is 35.7. The number of carboxylic acid groups (broad SMARTS) is 2. The van der Waals surface area contributed by atoms with Gasteiger partial charge in [0, 0.05) is 11.9 Å². The fourth-order valence-corrected chi connectivity index (χ4v) is 3.51. The van der Waals surface area contributed by atoms with Crippen molar-refractivity contribution in [1.29, 1.82) is 0 Å². The molecule has 0 atom stereocenters. The molecule has 0 amide bonds. The van der Waals surface area contributed by atoms with Crippen molar-refractivity contribution < 1.29 is 36.3 Å². The van der Waals surface area contributed by atoms with Gasteiger partial charge >= 0.3 is 16.5 Å². The average molecular weight is 485 g/mol. The minimum Gasteiger partial charge on any atom is -0.550 e. The summed E-state index contributed by atoms with van der Waals surface area (Å²) < 4.78 is 0. The molecule has 0 rings (SSSR count). The molecule has 0 saturated carbocycles. The first-order valence-electron chi connectivity index (χ1n) is 12.9. The van der Waals surface area contributed by atoms with Gasteiger partial charge in [0.15, 0.2) is 0 Å². The van der Waals surface area contributed by atoms with Crippen LogP contribution in [0.5, 0.6) is 0 Å². The van der Waals surface area contributed by atoms with Crippen LogP contribution < -0.4 is 10.2 Å². The molecule has 0 radical (unpaired) electrons. The van der Waals surface area contributed by atoms with Gasteiger partial charge in [0.05, 0.1) is 0 Å². The molecule has 0 aromatic rings. The summed E-state index contributed by atoms with van der Waals surface area (Å²) in [5.41, 5.74) is 0. The van der Waals surface area contributed by atoms with Crippen LogP contribution in [0.3, 0.4) is 0 Å². The molecule has 0 unspecified atom stereocenters. The molecule has 0 aromatic carbocycles. The number of carbonyl (C=O) groups is 2. The van der Waals surface area contributed by atoms with Crippen molar-refractivity contribution in [2.75, 3.05) is 0 Å². The Morgan fingerprint density at radius 1 is 0.419 bits per heavy atom. The summed E-state index contributed by atoms with van der Waals surface area (Å²) in [6, 6.07) is 0. The Bertz CT molecular complexity index is 327. The fourth-order valence-electron chi connectivity index (χ4n) is 3.51. The van der Waals surface area contributed by atoms with Crippen LogP contribution in [0.4, 0.5) is 0 Å². The summed E-state index contributed by atoms with van der Waals surface area (Å²) in [6.07, 6.45) is 25.2. The van der Waals surface area contributed by atoms with E-state index in [-0.39, 0.29) is 29.3 Å². The van der Waals surface area contributed by atoms with Gasteiger partial charge in [-0.3, -0.25) is 0 Å². The molecule has 0 aliphatic carbocycles. The molecule has 0 bridgehead atoms. The van der Waals surface area contributed by atoms with Crippen LogP contribution in [-0.4, -0.2) is 11.9 Å². The van der Waals surface area contributed by atoms with E-state index in [0.717, 1.165) is 25.7 Å². The molecule has 0 spiro atoms. The maximum atomic E-state index is 10.1. The fraction of sp³-hybridized carbons (Fsp3) is 0.923. The number of unbranched alkanes of at least 4 members (excludes halogenated alkanes) is 18. The van der Waals surface area contributed by atoms with Gasteiger partial charge in [0.25, 0.3) is 0 Å². The van der Waals surface area contributed by atoms with E-state index in [1.807, 2.05) is 0 Å². The SMILES string of the molecule is CCCCCCCCCCCCC(=O)[O-].CCCCCCCCCCCCC(=O)[O-].[Ni+2]. The van der Waals surface area contributed by atoms with E-state index < -0.39 is 11.9 Å². The predicted octanol–water partition coefficient (Wildman–Crippen LogP) is 6.09. The Morgan fingerprint density at radius 3 is 0.806 bits per heavy atom. The molecule has 5 heteroatoms. The molecule has 0 fully saturated rings. The third-order valence-electron chi connectivity index (χ3n) is 5.47. The van der Waals surface area contributed by atoms with E-state index in [9.17, 15) is 19.8 Å². The number of hydrogen-bond acceptors (Lipinski definition) is 4. The Hall–Kier alpha value is -0.566. The zero-order chi connectivity index (χ0) is 22.7. The molecule has 31 heavy (non-hydrogen) atoms. The third kappa shape index (κ3) is 40.3. The van der Waals surface area contributed by atoms with Crippen LogP contribution in [0.1, 0.15) is 155 Å². The summed E-state index contributed by atoms with van der Waals surface area (Å²) in [5, 5.41) is 20.2. The molecule has 0 heterocycles. The molecular weight excluding hydrogens is 435 g/mol. The average Bonchev–Trinajstić information content (AvgIpc) is 2.71.